The van der Waals surface area contributed by atoms with Gasteiger partial charge in [0, 0.05) is 0 Å². The fourth-order valence-electron chi connectivity index (χ4n) is 3.33. The largest absolute Gasteiger partial charge is 0.271 e. The van der Waals surface area contributed by atoms with E-state index < -0.39 is 0 Å². The van der Waals surface area contributed by atoms with Crippen LogP contribution in [-0.2, 0) is 4.79 Å². The van der Waals surface area contributed by atoms with Gasteiger partial charge in [-0.15, -0.1) is 0 Å². The van der Waals surface area contributed by atoms with Crippen LogP contribution in [0.2, 0.25) is 0 Å². The molecule has 156 valence electrons. The minimum absolute atomic E-state index is 0.0485. The van der Waals surface area contributed by atoms with Crippen LogP contribution in [0.4, 0.5) is 11.4 Å². The molecule has 0 aromatic heterocycles. The number of anilines is 1. The smallest absolute Gasteiger partial charge is 0.268 e. The van der Waals surface area contributed by atoms with E-state index in [2.05, 4.69) is 45.0 Å². The quantitative estimate of drug-likeness (QED) is 0.412. The average Bonchev–Trinajstić information content (AvgIpc) is 3.05. The number of amidine groups is 1. The van der Waals surface area contributed by atoms with Gasteiger partial charge in [0.2, 0.25) is 0 Å². The van der Waals surface area contributed by atoms with Crippen molar-refractivity contribution in [3.63, 3.8) is 0 Å². The number of hydrogen-bond acceptors (Lipinski definition) is 3. The van der Waals surface area contributed by atoms with Crippen LogP contribution in [-0.4, -0.2) is 11.1 Å². The Hall–Kier alpha value is -3.11. The van der Waals surface area contributed by atoms with Crippen LogP contribution in [0.15, 0.2) is 82.7 Å². The zero-order chi connectivity index (χ0) is 22.0. The lowest BCUT2D eigenvalue weighted by Crippen LogP contribution is -2.28. The van der Waals surface area contributed by atoms with Gasteiger partial charge in [-0.05, 0) is 73.0 Å². The summed E-state index contributed by atoms with van der Waals surface area (Å²) in [6.45, 7) is 8.45. The Balaban J connectivity index is 1.72. The van der Waals surface area contributed by atoms with Crippen molar-refractivity contribution in [3.05, 3.63) is 100.0 Å². The van der Waals surface area contributed by atoms with Crippen molar-refractivity contribution >= 4 is 40.3 Å². The molecule has 3 nitrogen and oxygen atoms in total. The maximum Gasteiger partial charge on any atom is 0.271 e. The van der Waals surface area contributed by atoms with Crippen LogP contribution < -0.4 is 4.90 Å². The number of aliphatic imine (C=N–C) groups is 1. The Morgan fingerprint density at radius 2 is 1.42 bits per heavy atom. The molecular formula is C27H26N2OS. The first-order valence-electron chi connectivity index (χ1n) is 10.5. The normalized spacial score (nSPS) is 16.7. The summed E-state index contributed by atoms with van der Waals surface area (Å²) in [5, 5.41) is 0.669. The third kappa shape index (κ3) is 4.80. The van der Waals surface area contributed by atoms with E-state index >= 15 is 0 Å². The minimum Gasteiger partial charge on any atom is -0.268 e. The summed E-state index contributed by atoms with van der Waals surface area (Å²) < 4.78 is 0. The first-order valence-corrected chi connectivity index (χ1v) is 11.3. The molecule has 1 aliphatic rings. The third-order valence-corrected chi connectivity index (χ3v) is 6.23. The van der Waals surface area contributed by atoms with Crippen LogP contribution in [0.3, 0.4) is 0 Å². The van der Waals surface area contributed by atoms with Crippen molar-refractivity contribution in [2.45, 2.75) is 33.6 Å². The minimum atomic E-state index is -0.0485. The molecule has 4 rings (SSSR count). The lowest BCUT2D eigenvalue weighted by molar-refractivity contribution is -0.113. The predicted molar refractivity (Wildman–Crippen MR) is 133 cm³/mol. The summed E-state index contributed by atoms with van der Waals surface area (Å²) in [6, 6.07) is 24.4. The van der Waals surface area contributed by atoms with Crippen molar-refractivity contribution in [3.8, 4) is 0 Å². The highest BCUT2D eigenvalue weighted by Gasteiger charge is 2.34. The van der Waals surface area contributed by atoms with Gasteiger partial charge in [-0.1, -0.05) is 73.5 Å². The van der Waals surface area contributed by atoms with Crippen molar-refractivity contribution in [1.29, 1.82) is 0 Å². The molecule has 0 saturated carbocycles. The van der Waals surface area contributed by atoms with Crippen LogP contribution in [0.25, 0.3) is 6.08 Å². The van der Waals surface area contributed by atoms with Crippen molar-refractivity contribution in [1.82, 2.24) is 0 Å². The molecule has 4 heteroatoms. The number of hydrogen-bond donors (Lipinski definition) is 0. The summed E-state index contributed by atoms with van der Waals surface area (Å²) >= 11 is 1.42. The Morgan fingerprint density at radius 1 is 0.839 bits per heavy atom. The van der Waals surface area contributed by atoms with E-state index in [9.17, 15) is 4.79 Å². The van der Waals surface area contributed by atoms with Gasteiger partial charge < -0.3 is 0 Å². The van der Waals surface area contributed by atoms with Gasteiger partial charge in [0.1, 0.15) is 0 Å². The predicted octanol–water partition coefficient (Wildman–Crippen LogP) is 7.24. The number of carbonyl (C=O) groups excluding carboxylic acids is 1. The Morgan fingerprint density at radius 3 is 2.00 bits per heavy atom. The molecule has 1 fully saturated rings. The Kier molecular flexibility index (Phi) is 6.10. The number of amides is 1. The number of aryl methyl sites for hydroxylation is 2. The summed E-state index contributed by atoms with van der Waals surface area (Å²) in [5.41, 5.74) is 6.30. The van der Waals surface area contributed by atoms with Crippen LogP contribution in [0.1, 0.15) is 42.0 Å². The highest BCUT2D eigenvalue weighted by molar-refractivity contribution is 8.19. The fraction of sp³-hybridized carbons (Fsp3) is 0.185. The molecule has 0 spiro atoms. The zero-order valence-electron chi connectivity index (χ0n) is 18.3. The summed E-state index contributed by atoms with van der Waals surface area (Å²) in [4.78, 5) is 20.6. The molecule has 0 bridgehead atoms. The molecular weight excluding hydrogens is 400 g/mol. The van der Waals surface area contributed by atoms with E-state index in [4.69, 9.17) is 4.99 Å². The third-order valence-electron chi connectivity index (χ3n) is 5.26. The second-order valence-electron chi connectivity index (χ2n) is 8.14. The maximum atomic E-state index is 13.4. The first-order chi connectivity index (χ1) is 14.9. The Bertz CT molecular complexity index is 1140. The SMILES string of the molecule is Cc1ccc(N=C2S/C(=C/c3ccc(C(C)C)cc3)C(=O)N2c2ccc(C)cc2)cc1. The Labute approximate surface area is 188 Å². The lowest BCUT2D eigenvalue weighted by atomic mass is 10.0. The number of thioether (sulfide) groups is 1. The standard InChI is InChI=1S/C27H26N2OS/c1-18(2)22-11-9-21(10-12-22)17-25-26(30)29(24-15-7-20(4)8-16-24)27(31-25)28-23-13-5-19(3)6-14-23/h5-18H,1-4H3/b25-17+,28-27?. The number of rotatable bonds is 4. The monoisotopic (exact) mass is 426 g/mol. The molecule has 3 aromatic rings. The van der Waals surface area contributed by atoms with Crippen molar-refractivity contribution in [2.24, 2.45) is 4.99 Å². The average molecular weight is 427 g/mol. The first kappa shape index (κ1) is 21.1. The van der Waals surface area contributed by atoms with Gasteiger partial charge >= 0.3 is 0 Å². The van der Waals surface area contributed by atoms with E-state index in [1.165, 1.54) is 22.9 Å². The summed E-state index contributed by atoms with van der Waals surface area (Å²) in [6.07, 6.45) is 1.95. The molecule has 1 saturated heterocycles. The van der Waals surface area contributed by atoms with E-state index in [0.29, 0.717) is 16.0 Å². The van der Waals surface area contributed by atoms with Crippen LogP contribution in [0, 0.1) is 13.8 Å². The number of carbonyl (C=O) groups is 1. The molecule has 3 aromatic carbocycles. The molecule has 0 aliphatic carbocycles. The molecule has 1 heterocycles. The highest BCUT2D eigenvalue weighted by Crippen LogP contribution is 2.37. The van der Waals surface area contributed by atoms with Gasteiger partial charge in [0.15, 0.2) is 5.17 Å². The molecule has 0 unspecified atom stereocenters. The van der Waals surface area contributed by atoms with E-state index in [0.717, 1.165) is 22.5 Å². The van der Waals surface area contributed by atoms with Crippen molar-refractivity contribution in [2.75, 3.05) is 4.90 Å². The topological polar surface area (TPSA) is 32.7 Å². The molecule has 0 atom stereocenters. The molecule has 1 aliphatic heterocycles. The van der Waals surface area contributed by atoms with E-state index in [-0.39, 0.29) is 5.91 Å². The fourth-order valence-corrected chi connectivity index (χ4v) is 4.33. The summed E-state index contributed by atoms with van der Waals surface area (Å²) in [5.74, 6) is 0.433. The lowest BCUT2D eigenvalue weighted by Gasteiger charge is -2.16. The maximum absolute atomic E-state index is 13.4. The number of nitrogens with zero attached hydrogens (tertiary/aromatic N) is 2. The van der Waals surface area contributed by atoms with Gasteiger partial charge in [0.25, 0.3) is 5.91 Å². The molecule has 1 amide bonds. The van der Waals surface area contributed by atoms with Gasteiger partial charge in [-0.25, -0.2) is 4.99 Å². The van der Waals surface area contributed by atoms with Crippen molar-refractivity contribution < 1.29 is 4.79 Å². The second-order valence-corrected chi connectivity index (χ2v) is 9.15. The van der Waals surface area contributed by atoms with Crippen LogP contribution >= 0.6 is 11.8 Å². The second kappa shape index (κ2) is 8.94. The van der Waals surface area contributed by atoms with E-state index in [1.807, 2.05) is 61.5 Å². The summed E-state index contributed by atoms with van der Waals surface area (Å²) in [7, 11) is 0. The molecule has 0 radical (unpaired) electrons. The van der Waals surface area contributed by atoms with E-state index in [1.54, 1.807) is 4.90 Å². The van der Waals surface area contributed by atoms with Gasteiger partial charge in [0.05, 0.1) is 16.3 Å². The van der Waals surface area contributed by atoms with Gasteiger partial charge in [-0.3, -0.25) is 9.69 Å². The highest BCUT2D eigenvalue weighted by atomic mass is 32.2. The van der Waals surface area contributed by atoms with Crippen LogP contribution in [0.5, 0.6) is 0 Å². The molecule has 31 heavy (non-hydrogen) atoms. The van der Waals surface area contributed by atoms with Gasteiger partial charge in [-0.2, -0.15) is 0 Å². The zero-order valence-corrected chi connectivity index (χ0v) is 19.1. The number of benzene rings is 3. The molecule has 0 N–H and O–H groups in total.